The molecule has 2 aliphatic heterocycles. The Hall–Kier alpha value is -1.34. The second-order valence-electron chi connectivity index (χ2n) is 8.38. The third kappa shape index (κ3) is 6.57. The van der Waals surface area contributed by atoms with Crippen LogP contribution in [0.3, 0.4) is 0 Å². The lowest BCUT2D eigenvalue weighted by atomic mass is 10.0. The van der Waals surface area contributed by atoms with E-state index in [0.717, 1.165) is 39.1 Å². The quantitative estimate of drug-likeness (QED) is 0.695. The summed E-state index contributed by atoms with van der Waals surface area (Å²) < 4.78 is 53.6. The van der Waals surface area contributed by atoms with E-state index < -0.39 is 17.6 Å². The molecule has 166 valence electrons. The number of hydrogen-bond donors (Lipinski definition) is 1. The van der Waals surface area contributed by atoms with E-state index in [-0.39, 0.29) is 18.9 Å². The molecule has 0 spiro atoms. The van der Waals surface area contributed by atoms with Crippen LogP contribution in [-0.4, -0.2) is 56.1 Å². The van der Waals surface area contributed by atoms with Gasteiger partial charge in [0.15, 0.2) is 11.6 Å². The molecule has 0 aliphatic carbocycles. The Morgan fingerprint density at radius 2 is 1.69 bits per heavy atom. The Balaban J connectivity index is 0.000000221. The second kappa shape index (κ2) is 10.6. The van der Waals surface area contributed by atoms with E-state index in [2.05, 4.69) is 5.32 Å². The van der Waals surface area contributed by atoms with Gasteiger partial charge in [0, 0.05) is 38.6 Å². The maximum absolute atomic E-state index is 14.0. The minimum absolute atomic E-state index is 0.00146. The summed E-state index contributed by atoms with van der Waals surface area (Å²) >= 11 is 0. The monoisotopic (exact) mass is 417 g/mol. The first kappa shape index (κ1) is 23.9. The Kier molecular flexibility index (Phi) is 8.76. The summed E-state index contributed by atoms with van der Waals surface area (Å²) in [5.74, 6) is -3.85. The van der Waals surface area contributed by atoms with Gasteiger partial charge >= 0.3 is 0 Å². The van der Waals surface area contributed by atoms with Crippen molar-refractivity contribution >= 4 is 5.69 Å². The maximum atomic E-state index is 14.0. The first-order chi connectivity index (χ1) is 13.7. The highest BCUT2D eigenvalue weighted by Crippen LogP contribution is 2.29. The Labute approximate surface area is 172 Å². The highest BCUT2D eigenvalue weighted by molar-refractivity contribution is 5.50. The molecule has 1 N–H and O–H groups in total. The molecule has 29 heavy (non-hydrogen) atoms. The number of benzene rings is 1. The van der Waals surface area contributed by atoms with E-state index in [9.17, 15) is 17.6 Å². The molecule has 0 aromatic heterocycles. The lowest BCUT2D eigenvalue weighted by Gasteiger charge is -2.36. The van der Waals surface area contributed by atoms with E-state index in [1.54, 1.807) is 12.1 Å². The van der Waals surface area contributed by atoms with Crippen molar-refractivity contribution in [2.45, 2.75) is 64.8 Å². The summed E-state index contributed by atoms with van der Waals surface area (Å²) in [5.41, 5.74) is 0.829. The number of anilines is 1. The first-order valence-electron chi connectivity index (χ1n) is 10.7. The van der Waals surface area contributed by atoms with Crippen LogP contribution in [0.15, 0.2) is 12.1 Å². The van der Waals surface area contributed by atoms with E-state index >= 15 is 0 Å². The molecule has 2 heterocycles. The van der Waals surface area contributed by atoms with Crippen molar-refractivity contribution in [3.8, 4) is 0 Å². The van der Waals surface area contributed by atoms with Crippen LogP contribution in [-0.2, 0) is 0 Å². The number of likely N-dealkylation sites (tertiary alicyclic amines) is 1. The average molecular weight is 418 g/mol. The Morgan fingerprint density at radius 1 is 1.03 bits per heavy atom. The van der Waals surface area contributed by atoms with Crippen LogP contribution >= 0.6 is 0 Å². The first-order valence-corrected chi connectivity index (χ1v) is 10.7. The van der Waals surface area contributed by atoms with Crippen molar-refractivity contribution < 1.29 is 17.6 Å². The Morgan fingerprint density at radius 3 is 2.24 bits per heavy atom. The third-order valence-electron chi connectivity index (χ3n) is 5.81. The lowest BCUT2D eigenvalue weighted by Crippen LogP contribution is -2.46. The molecule has 7 heteroatoms. The van der Waals surface area contributed by atoms with Crippen molar-refractivity contribution in [3.05, 3.63) is 29.3 Å². The van der Waals surface area contributed by atoms with Crippen LogP contribution in [0, 0.1) is 11.6 Å². The van der Waals surface area contributed by atoms with E-state index in [0.29, 0.717) is 23.7 Å². The van der Waals surface area contributed by atoms with Crippen LogP contribution in [0.4, 0.5) is 23.2 Å². The van der Waals surface area contributed by atoms with Gasteiger partial charge < -0.3 is 10.2 Å². The number of alkyl halides is 2. The van der Waals surface area contributed by atoms with Gasteiger partial charge in [0.1, 0.15) is 0 Å². The molecule has 3 nitrogen and oxygen atoms in total. The average Bonchev–Trinajstić information content (AvgIpc) is 2.69. The molecule has 1 unspecified atom stereocenters. The highest BCUT2D eigenvalue weighted by Gasteiger charge is 2.36. The molecule has 1 atom stereocenters. The summed E-state index contributed by atoms with van der Waals surface area (Å²) in [7, 11) is 0. The molecule has 0 bridgehead atoms. The number of nitrogens with one attached hydrogen (secondary N) is 1. The summed E-state index contributed by atoms with van der Waals surface area (Å²) in [5, 5.41) is 3.19. The summed E-state index contributed by atoms with van der Waals surface area (Å²) in [4.78, 5) is 3.78. The van der Waals surface area contributed by atoms with Crippen molar-refractivity contribution in [1.82, 2.24) is 10.2 Å². The predicted molar refractivity (Wildman–Crippen MR) is 111 cm³/mol. The normalized spacial score (nSPS) is 20.9. The molecule has 3 rings (SSSR count). The minimum atomic E-state index is -2.44. The van der Waals surface area contributed by atoms with Crippen molar-refractivity contribution in [2.24, 2.45) is 0 Å². The molecular formula is C22H35F4N3. The predicted octanol–water partition coefficient (Wildman–Crippen LogP) is 5.01. The van der Waals surface area contributed by atoms with E-state index in [1.807, 2.05) is 37.5 Å². The topological polar surface area (TPSA) is 18.5 Å². The summed E-state index contributed by atoms with van der Waals surface area (Å²) in [6.45, 7) is 11.6. The van der Waals surface area contributed by atoms with Gasteiger partial charge in [-0.3, -0.25) is 4.90 Å². The van der Waals surface area contributed by atoms with Gasteiger partial charge in [-0.1, -0.05) is 26.8 Å². The molecule has 2 fully saturated rings. The van der Waals surface area contributed by atoms with Gasteiger partial charge in [0.05, 0.1) is 12.2 Å². The Bertz CT molecular complexity index is 645. The van der Waals surface area contributed by atoms with Gasteiger partial charge in [0.25, 0.3) is 5.92 Å². The van der Waals surface area contributed by atoms with Crippen LogP contribution in [0.5, 0.6) is 0 Å². The lowest BCUT2D eigenvalue weighted by molar-refractivity contribution is -0.0734. The SMILES string of the molecule is CC(C)c1ccc(N2CCNCC2)c(F)c1F.CCC(C)N1CCCC(F)(F)C1. The number of halogens is 4. The zero-order valence-electron chi connectivity index (χ0n) is 18.1. The molecule has 2 aliphatic rings. The van der Waals surface area contributed by atoms with E-state index in [1.165, 1.54) is 0 Å². The molecule has 1 aromatic rings. The highest BCUT2D eigenvalue weighted by atomic mass is 19.3. The molecule has 1 aromatic carbocycles. The van der Waals surface area contributed by atoms with Crippen LogP contribution in [0.2, 0.25) is 0 Å². The van der Waals surface area contributed by atoms with Gasteiger partial charge in [-0.2, -0.15) is 0 Å². The fourth-order valence-electron chi connectivity index (χ4n) is 3.78. The summed E-state index contributed by atoms with van der Waals surface area (Å²) in [6.07, 6.45) is 1.66. The largest absolute Gasteiger partial charge is 0.367 e. The van der Waals surface area contributed by atoms with Crippen molar-refractivity contribution in [2.75, 3.05) is 44.2 Å². The van der Waals surface area contributed by atoms with Gasteiger partial charge in [-0.05, 0) is 43.9 Å². The fraction of sp³-hybridized carbons (Fsp3) is 0.727. The second-order valence-corrected chi connectivity index (χ2v) is 8.38. The smallest absolute Gasteiger partial charge is 0.260 e. The zero-order chi connectivity index (χ0) is 21.6. The molecule has 0 saturated carbocycles. The molecule has 0 radical (unpaired) electrons. The minimum Gasteiger partial charge on any atom is -0.367 e. The molecule has 0 amide bonds. The fourth-order valence-corrected chi connectivity index (χ4v) is 3.78. The number of nitrogens with zero attached hydrogens (tertiary/aromatic N) is 2. The third-order valence-corrected chi connectivity index (χ3v) is 5.81. The van der Waals surface area contributed by atoms with Crippen LogP contribution in [0.1, 0.15) is 58.4 Å². The van der Waals surface area contributed by atoms with Gasteiger partial charge in [-0.15, -0.1) is 0 Å². The van der Waals surface area contributed by atoms with E-state index in [4.69, 9.17) is 0 Å². The van der Waals surface area contributed by atoms with Crippen molar-refractivity contribution in [1.29, 1.82) is 0 Å². The number of piperazine rings is 1. The molecular weight excluding hydrogens is 382 g/mol. The number of rotatable bonds is 4. The molecule has 2 saturated heterocycles. The standard InChI is InChI=1S/C13H18F2N2.C9H17F2N/c1-9(2)10-3-4-11(13(15)12(10)14)17-7-5-16-6-8-17;1-3-8(2)12-6-4-5-9(10,11)7-12/h3-4,9,16H,5-8H2,1-2H3;8H,3-7H2,1-2H3. The maximum Gasteiger partial charge on any atom is 0.260 e. The number of hydrogen-bond acceptors (Lipinski definition) is 3. The van der Waals surface area contributed by atoms with Gasteiger partial charge in [0.2, 0.25) is 0 Å². The van der Waals surface area contributed by atoms with Crippen LogP contribution in [0.25, 0.3) is 0 Å². The summed E-state index contributed by atoms with van der Waals surface area (Å²) in [6, 6.07) is 3.69. The van der Waals surface area contributed by atoms with Gasteiger partial charge in [-0.25, -0.2) is 17.6 Å². The zero-order valence-corrected chi connectivity index (χ0v) is 18.1. The number of piperidine rings is 1. The van der Waals surface area contributed by atoms with Crippen LogP contribution < -0.4 is 10.2 Å². The van der Waals surface area contributed by atoms with Crippen molar-refractivity contribution in [3.63, 3.8) is 0 Å².